The molecule has 6 heteroatoms. The molecule has 0 heterocycles. The van der Waals surface area contributed by atoms with Gasteiger partial charge in [0.05, 0.1) is 6.61 Å². The van der Waals surface area contributed by atoms with Gasteiger partial charge >= 0.3 is 6.09 Å². The first-order valence-electron chi connectivity index (χ1n) is 8.45. The Morgan fingerprint density at radius 1 is 1.23 bits per heavy atom. The van der Waals surface area contributed by atoms with E-state index in [4.69, 9.17) is 14.9 Å². The van der Waals surface area contributed by atoms with E-state index >= 15 is 0 Å². The van der Waals surface area contributed by atoms with Gasteiger partial charge in [0, 0.05) is 39.4 Å². The molecule has 130 valence electrons. The highest BCUT2D eigenvalue weighted by Gasteiger charge is 2.26. The molecule has 0 aromatic carbocycles. The molecule has 6 nitrogen and oxygen atoms in total. The summed E-state index contributed by atoms with van der Waals surface area (Å²) in [6.45, 7) is 6.52. The van der Waals surface area contributed by atoms with Crippen molar-refractivity contribution in [2.75, 3.05) is 46.5 Å². The summed E-state index contributed by atoms with van der Waals surface area (Å²) in [4.78, 5) is 14.6. The number of amides is 1. The van der Waals surface area contributed by atoms with Crippen LogP contribution in [0.2, 0.25) is 0 Å². The smallest absolute Gasteiger partial charge is 0.407 e. The minimum Gasteiger partial charge on any atom is -0.465 e. The zero-order valence-electron chi connectivity index (χ0n) is 14.0. The van der Waals surface area contributed by atoms with Crippen LogP contribution >= 0.6 is 0 Å². The Hall–Kier alpha value is -0.850. The van der Waals surface area contributed by atoms with E-state index in [1.54, 1.807) is 7.05 Å². The van der Waals surface area contributed by atoms with E-state index in [2.05, 4.69) is 11.8 Å². The van der Waals surface area contributed by atoms with Crippen molar-refractivity contribution in [3.63, 3.8) is 0 Å². The molecule has 2 N–H and O–H groups in total. The average molecular weight is 316 g/mol. The second-order valence-electron chi connectivity index (χ2n) is 6.15. The SMILES string of the molecule is CCN(CCO)CCCOCC1CCC(N(C)C(=O)O)CC1. The summed E-state index contributed by atoms with van der Waals surface area (Å²) in [5.41, 5.74) is 0. The molecule has 0 aliphatic heterocycles. The molecule has 0 aromatic heterocycles. The molecule has 22 heavy (non-hydrogen) atoms. The fraction of sp³-hybridized carbons (Fsp3) is 0.938. The van der Waals surface area contributed by atoms with Crippen molar-refractivity contribution in [3.8, 4) is 0 Å². The summed E-state index contributed by atoms with van der Waals surface area (Å²) >= 11 is 0. The molecule has 1 aliphatic carbocycles. The van der Waals surface area contributed by atoms with Crippen LogP contribution < -0.4 is 0 Å². The van der Waals surface area contributed by atoms with Gasteiger partial charge < -0.3 is 24.7 Å². The van der Waals surface area contributed by atoms with Gasteiger partial charge in [0.2, 0.25) is 0 Å². The fourth-order valence-electron chi connectivity index (χ4n) is 3.06. The number of carboxylic acid groups (broad SMARTS) is 1. The Morgan fingerprint density at radius 2 is 1.91 bits per heavy atom. The van der Waals surface area contributed by atoms with Crippen molar-refractivity contribution in [3.05, 3.63) is 0 Å². The van der Waals surface area contributed by atoms with Gasteiger partial charge in [0.15, 0.2) is 0 Å². The highest BCUT2D eigenvalue weighted by atomic mass is 16.5. The maximum Gasteiger partial charge on any atom is 0.407 e. The molecule has 1 aliphatic rings. The second kappa shape index (κ2) is 10.8. The molecule has 0 aromatic rings. The Labute approximate surface area is 134 Å². The van der Waals surface area contributed by atoms with Crippen LogP contribution in [0.15, 0.2) is 0 Å². The van der Waals surface area contributed by atoms with Crippen LogP contribution in [0.5, 0.6) is 0 Å². The van der Waals surface area contributed by atoms with Crippen molar-refractivity contribution in [2.45, 2.75) is 45.1 Å². The molecule has 0 atom stereocenters. The predicted octanol–water partition coefficient (Wildman–Crippen LogP) is 1.88. The Kier molecular flexibility index (Phi) is 9.43. The van der Waals surface area contributed by atoms with E-state index in [-0.39, 0.29) is 12.6 Å². The lowest BCUT2D eigenvalue weighted by molar-refractivity contribution is 0.0617. The zero-order valence-corrected chi connectivity index (χ0v) is 14.0. The first-order valence-corrected chi connectivity index (χ1v) is 8.45. The van der Waals surface area contributed by atoms with Gasteiger partial charge in [0.25, 0.3) is 0 Å². The maximum atomic E-state index is 10.9. The number of likely N-dealkylation sites (N-methyl/N-ethyl adjacent to an activating group) is 1. The summed E-state index contributed by atoms with van der Waals surface area (Å²) < 4.78 is 5.77. The predicted molar refractivity (Wildman–Crippen MR) is 86.2 cm³/mol. The van der Waals surface area contributed by atoms with Crippen LogP contribution in [-0.2, 0) is 4.74 Å². The molecular formula is C16H32N2O4. The van der Waals surface area contributed by atoms with Crippen LogP contribution in [0.3, 0.4) is 0 Å². The van der Waals surface area contributed by atoms with E-state index in [0.29, 0.717) is 5.92 Å². The molecular weight excluding hydrogens is 284 g/mol. The van der Waals surface area contributed by atoms with Gasteiger partial charge in [0.1, 0.15) is 0 Å². The van der Waals surface area contributed by atoms with Crippen molar-refractivity contribution in [2.24, 2.45) is 5.92 Å². The third kappa shape index (κ3) is 6.94. The van der Waals surface area contributed by atoms with Crippen molar-refractivity contribution in [1.29, 1.82) is 0 Å². The Bertz CT molecular complexity index is 307. The topological polar surface area (TPSA) is 73.2 Å². The Balaban J connectivity index is 2.06. The average Bonchev–Trinajstić information content (AvgIpc) is 2.53. The highest BCUT2D eigenvalue weighted by Crippen LogP contribution is 2.27. The molecule has 1 saturated carbocycles. The minimum atomic E-state index is -0.831. The summed E-state index contributed by atoms with van der Waals surface area (Å²) in [6.07, 6.45) is 4.14. The fourth-order valence-corrected chi connectivity index (χ4v) is 3.06. The lowest BCUT2D eigenvalue weighted by Gasteiger charge is -2.33. The molecule has 1 rings (SSSR count). The number of carbonyl (C=O) groups is 1. The molecule has 1 fully saturated rings. The van der Waals surface area contributed by atoms with E-state index in [0.717, 1.165) is 65.0 Å². The lowest BCUT2D eigenvalue weighted by atomic mass is 9.86. The van der Waals surface area contributed by atoms with Crippen molar-refractivity contribution < 1.29 is 19.7 Å². The van der Waals surface area contributed by atoms with Gasteiger partial charge in [-0.2, -0.15) is 0 Å². The lowest BCUT2D eigenvalue weighted by Crippen LogP contribution is -2.39. The molecule has 0 saturated heterocycles. The standard InChI is InChI=1S/C16H32N2O4/c1-3-18(10-11-19)9-4-12-22-13-14-5-7-15(8-6-14)17(2)16(20)21/h14-15,19H,3-13H2,1-2H3,(H,20,21). The molecule has 0 spiro atoms. The van der Waals surface area contributed by atoms with Gasteiger partial charge in [-0.05, 0) is 44.6 Å². The first kappa shape index (κ1) is 19.2. The summed E-state index contributed by atoms with van der Waals surface area (Å²) in [5.74, 6) is 0.568. The van der Waals surface area contributed by atoms with Gasteiger partial charge in [-0.25, -0.2) is 4.79 Å². The second-order valence-corrected chi connectivity index (χ2v) is 6.15. The number of nitrogens with zero attached hydrogens (tertiary/aromatic N) is 2. The summed E-state index contributed by atoms with van der Waals surface area (Å²) in [5, 5.41) is 17.9. The third-order valence-corrected chi connectivity index (χ3v) is 4.65. The van der Waals surface area contributed by atoms with Crippen LogP contribution in [-0.4, -0.2) is 78.7 Å². The number of hydrogen-bond donors (Lipinski definition) is 2. The summed E-state index contributed by atoms with van der Waals surface area (Å²) in [7, 11) is 1.66. The zero-order chi connectivity index (χ0) is 16.4. The van der Waals surface area contributed by atoms with Gasteiger partial charge in [-0.1, -0.05) is 6.92 Å². The van der Waals surface area contributed by atoms with Gasteiger partial charge in [-0.3, -0.25) is 0 Å². The van der Waals surface area contributed by atoms with Crippen LogP contribution in [0, 0.1) is 5.92 Å². The summed E-state index contributed by atoms with van der Waals surface area (Å²) in [6, 6.07) is 0.172. The molecule has 1 amide bonds. The normalized spacial score (nSPS) is 22.0. The maximum absolute atomic E-state index is 10.9. The Morgan fingerprint density at radius 3 is 2.45 bits per heavy atom. The molecule has 0 bridgehead atoms. The van der Waals surface area contributed by atoms with Crippen molar-refractivity contribution in [1.82, 2.24) is 9.80 Å². The minimum absolute atomic E-state index is 0.172. The first-order chi connectivity index (χ1) is 10.6. The highest BCUT2D eigenvalue weighted by molar-refractivity contribution is 5.64. The molecule has 0 unspecified atom stereocenters. The van der Waals surface area contributed by atoms with E-state index in [9.17, 15) is 4.79 Å². The van der Waals surface area contributed by atoms with Crippen LogP contribution in [0.1, 0.15) is 39.0 Å². The number of ether oxygens (including phenoxy) is 1. The van der Waals surface area contributed by atoms with Crippen molar-refractivity contribution >= 4 is 6.09 Å². The quantitative estimate of drug-likeness (QED) is 0.602. The van der Waals surface area contributed by atoms with Crippen LogP contribution in [0.25, 0.3) is 0 Å². The third-order valence-electron chi connectivity index (χ3n) is 4.65. The van der Waals surface area contributed by atoms with Gasteiger partial charge in [-0.15, -0.1) is 0 Å². The van der Waals surface area contributed by atoms with E-state index in [1.165, 1.54) is 4.90 Å². The number of aliphatic hydroxyl groups is 1. The van der Waals surface area contributed by atoms with Crippen LogP contribution in [0.4, 0.5) is 4.79 Å². The van der Waals surface area contributed by atoms with E-state index in [1.807, 2.05) is 0 Å². The molecule has 0 radical (unpaired) electrons. The van der Waals surface area contributed by atoms with E-state index < -0.39 is 6.09 Å². The largest absolute Gasteiger partial charge is 0.465 e. The number of aliphatic hydroxyl groups excluding tert-OH is 1. The monoisotopic (exact) mass is 316 g/mol. The number of rotatable bonds is 10. The number of hydrogen-bond acceptors (Lipinski definition) is 4.